The Bertz CT molecular complexity index is 456. The molecule has 21 heavy (non-hydrogen) atoms. The summed E-state index contributed by atoms with van der Waals surface area (Å²) in [6.45, 7) is 1.87. The van der Waals surface area contributed by atoms with Crippen LogP contribution in [-0.4, -0.2) is 18.0 Å². The summed E-state index contributed by atoms with van der Waals surface area (Å²) >= 11 is 0. The summed E-state index contributed by atoms with van der Waals surface area (Å²) in [6.07, 6.45) is 8.66. The molecule has 0 radical (unpaired) electrons. The van der Waals surface area contributed by atoms with E-state index in [4.69, 9.17) is 0 Å². The SMILES string of the molecule is C[C@@H](NC1CCCCCCC1)C(=O)Nc1cccc(F)c1. The molecule has 4 heteroatoms. The van der Waals surface area contributed by atoms with E-state index in [1.165, 1.54) is 44.2 Å². The first-order valence-electron chi connectivity index (χ1n) is 7.97. The second kappa shape index (κ2) is 8.13. The van der Waals surface area contributed by atoms with Gasteiger partial charge in [-0.05, 0) is 38.0 Å². The molecule has 0 saturated heterocycles. The summed E-state index contributed by atoms with van der Waals surface area (Å²) in [5, 5.41) is 6.17. The molecule has 0 unspecified atom stereocenters. The molecule has 2 rings (SSSR count). The number of carbonyl (C=O) groups is 1. The van der Waals surface area contributed by atoms with Crippen molar-refractivity contribution >= 4 is 11.6 Å². The van der Waals surface area contributed by atoms with E-state index in [2.05, 4.69) is 10.6 Å². The van der Waals surface area contributed by atoms with E-state index in [9.17, 15) is 9.18 Å². The highest BCUT2D eigenvalue weighted by Crippen LogP contribution is 2.17. The third-order valence-corrected chi connectivity index (χ3v) is 4.08. The Balaban J connectivity index is 1.83. The number of nitrogens with one attached hydrogen (secondary N) is 2. The van der Waals surface area contributed by atoms with Crippen molar-refractivity contribution in [2.24, 2.45) is 0 Å². The van der Waals surface area contributed by atoms with E-state index in [0.29, 0.717) is 11.7 Å². The summed E-state index contributed by atoms with van der Waals surface area (Å²) in [5.41, 5.74) is 0.506. The molecule has 1 aliphatic carbocycles. The zero-order valence-corrected chi connectivity index (χ0v) is 12.7. The Hall–Kier alpha value is -1.42. The van der Waals surface area contributed by atoms with E-state index in [1.54, 1.807) is 12.1 Å². The molecule has 1 amide bonds. The number of hydrogen-bond donors (Lipinski definition) is 2. The number of hydrogen-bond acceptors (Lipinski definition) is 2. The van der Waals surface area contributed by atoms with E-state index >= 15 is 0 Å². The van der Waals surface area contributed by atoms with Gasteiger partial charge in [-0.2, -0.15) is 0 Å². The van der Waals surface area contributed by atoms with Crippen molar-refractivity contribution in [1.29, 1.82) is 0 Å². The second-order valence-corrected chi connectivity index (χ2v) is 5.93. The first-order valence-corrected chi connectivity index (χ1v) is 7.97. The quantitative estimate of drug-likeness (QED) is 0.885. The Morgan fingerprint density at radius 2 is 1.86 bits per heavy atom. The number of halogens is 1. The van der Waals surface area contributed by atoms with Crippen molar-refractivity contribution in [2.75, 3.05) is 5.32 Å². The van der Waals surface area contributed by atoms with Crippen molar-refractivity contribution in [3.63, 3.8) is 0 Å². The summed E-state index contributed by atoms with van der Waals surface area (Å²) in [4.78, 5) is 12.2. The predicted octanol–water partition coefficient (Wildman–Crippen LogP) is 3.86. The maximum Gasteiger partial charge on any atom is 0.241 e. The van der Waals surface area contributed by atoms with Crippen molar-refractivity contribution in [1.82, 2.24) is 5.32 Å². The van der Waals surface area contributed by atoms with Gasteiger partial charge in [0.1, 0.15) is 5.82 Å². The van der Waals surface area contributed by atoms with Gasteiger partial charge in [-0.3, -0.25) is 4.79 Å². The van der Waals surface area contributed by atoms with Crippen molar-refractivity contribution in [2.45, 2.75) is 64.0 Å². The lowest BCUT2D eigenvalue weighted by Crippen LogP contribution is -2.44. The van der Waals surface area contributed by atoms with Gasteiger partial charge < -0.3 is 10.6 Å². The minimum atomic E-state index is -0.339. The number of amides is 1. The van der Waals surface area contributed by atoms with E-state index in [-0.39, 0.29) is 17.8 Å². The van der Waals surface area contributed by atoms with Gasteiger partial charge in [0, 0.05) is 11.7 Å². The van der Waals surface area contributed by atoms with Crippen LogP contribution in [0.25, 0.3) is 0 Å². The van der Waals surface area contributed by atoms with E-state index < -0.39 is 0 Å². The molecule has 1 aliphatic rings. The Morgan fingerprint density at radius 1 is 1.19 bits per heavy atom. The molecular weight excluding hydrogens is 267 g/mol. The van der Waals surface area contributed by atoms with Crippen LogP contribution in [0.15, 0.2) is 24.3 Å². The van der Waals surface area contributed by atoms with Crippen LogP contribution in [0.2, 0.25) is 0 Å². The maximum absolute atomic E-state index is 13.1. The fourth-order valence-electron chi connectivity index (χ4n) is 2.87. The Morgan fingerprint density at radius 3 is 2.52 bits per heavy atom. The smallest absolute Gasteiger partial charge is 0.241 e. The van der Waals surface area contributed by atoms with Gasteiger partial charge in [0.15, 0.2) is 0 Å². The molecule has 0 bridgehead atoms. The number of benzene rings is 1. The fourth-order valence-corrected chi connectivity index (χ4v) is 2.87. The zero-order valence-electron chi connectivity index (χ0n) is 12.7. The molecule has 116 valence electrons. The highest BCUT2D eigenvalue weighted by Gasteiger charge is 2.18. The molecule has 0 spiro atoms. The average molecular weight is 292 g/mol. The number of carbonyl (C=O) groups excluding carboxylic acids is 1. The predicted molar refractivity (Wildman–Crippen MR) is 83.7 cm³/mol. The first kappa shape index (κ1) is 16.0. The van der Waals surface area contributed by atoms with Crippen LogP contribution >= 0.6 is 0 Å². The summed E-state index contributed by atoms with van der Waals surface area (Å²) in [7, 11) is 0. The molecule has 1 fully saturated rings. The lowest BCUT2D eigenvalue weighted by molar-refractivity contribution is -0.118. The van der Waals surface area contributed by atoms with Crippen LogP contribution in [0.3, 0.4) is 0 Å². The molecular formula is C17H25FN2O. The molecule has 1 aromatic carbocycles. The maximum atomic E-state index is 13.1. The van der Waals surface area contributed by atoms with Gasteiger partial charge >= 0.3 is 0 Å². The molecule has 1 aromatic rings. The minimum absolute atomic E-state index is 0.109. The summed E-state index contributed by atoms with van der Waals surface area (Å²) in [5.74, 6) is -0.448. The molecule has 0 aromatic heterocycles. The van der Waals surface area contributed by atoms with Crippen LogP contribution in [0, 0.1) is 5.82 Å². The summed E-state index contributed by atoms with van der Waals surface area (Å²) in [6, 6.07) is 6.14. The highest BCUT2D eigenvalue weighted by molar-refractivity contribution is 5.94. The van der Waals surface area contributed by atoms with Crippen molar-refractivity contribution in [3.8, 4) is 0 Å². The minimum Gasteiger partial charge on any atom is -0.325 e. The van der Waals surface area contributed by atoms with E-state index in [0.717, 1.165) is 12.8 Å². The van der Waals surface area contributed by atoms with E-state index in [1.807, 2.05) is 6.92 Å². The third-order valence-electron chi connectivity index (χ3n) is 4.08. The van der Waals surface area contributed by atoms with Gasteiger partial charge in [-0.15, -0.1) is 0 Å². The average Bonchev–Trinajstić information content (AvgIpc) is 2.41. The molecule has 0 aliphatic heterocycles. The number of anilines is 1. The lowest BCUT2D eigenvalue weighted by Gasteiger charge is -2.24. The lowest BCUT2D eigenvalue weighted by atomic mass is 9.96. The number of rotatable bonds is 4. The summed E-state index contributed by atoms with van der Waals surface area (Å²) < 4.78 is 13.1. The van der Waals surface area contributed by atoms with Gasteiger partial charge in [-0.1, -0.05) is 38.2 Å². The Labute approximate surface area is 126 Å². The topological polar surface area (TPSA) is 41.1 Å². The fraction of sp³-hybridized carbons (Fsp3) is 0.588. The van der Waals surface area contributed by atoms with Crippen LogP contribution in [0.1, 0.15) is 51.9 Å². The van der Waals surface area contributed by atoms with Gasteiger partial charge in [0.25, 0.3) is 0 Å². The van der Waals surface area contributed by atoms with Gasteiger partial charge in [-0.25, -0.2) is 4.39 Å². The largest absolute Gasteiger partial charge is 0.325 e. The molecule has 3 nitrogen and oxygen atoms in total. The molecule has 2 N–H and O–H groups in total. The standard InChI is InChI=1S/C17H25FN2O/c1-13(19-15-9-5-3-2-4-6-10-15)17(21)20-16-11-7-8-14(18)12-16/h7-8,11-13,15,19H,2-6,9-10H2,1H3,(H,20,21)/t13-/m1/s1. The highest BCUT2D eigenvalue weighted by atomic mass is 19.1. The van der Waals surface area contributed by atoms with Gasteiger partial charge in [0.2, 0.25) is 5.91 Å². The van der Waals surface area contributed by atoms with Crippen molar-refractivity contribution < 1.29 is 9.18 Å². The normalized spacial score (nSPS) is 18.6. The van der Waals surface area contributed by atoms with Crippen LogP contribution in [0.4, 0.5) is 10.1 Å². The van der Waals surface area contributed by atoms with Crippen LogP contribution < -0.4 is 10.6 Å². The third kappa shape index (κ3) is 5.46. The van der Waals surface area contributed by atoms with Gasteiger partial charge in [0.05, 0.1) is 6.04 Å². The van der Waals surface area contributed by atoms with Crippen LogP contribution in [0.5, 0.6) is 0 Å². The molecule has 1 saturated carbocycles. The zero-order chi connectivity index (χ0) is 15.1. The monoisotopic (exact) mass is 292 g/mol. The van der Waals surface area contributed by atoms with Crippen LogP contribution in [-0.2, 0) is 4.79 Å². The second-order valence-electron chi connectivity index (χ2n) is 5.93. The molecule has 1 atom stereocenters. The van der Waals surface area contributed by atoms with Crippen molar-refractivity contribution in [3.05, 3.63) is 30.1 Å². The first-order chi connectivity index (χ1) is 10.1. The molecule has 0 heterocycles. The Kier molecular flexibility index (Phi) is 6.18.